The molecule has 0 fully saturated rings. The second-order valence-corrected chi connectivity index (χ2v) is 7.16. The number of carbonyl (C=O) groups excluding carboxylic acids is 2. The molecule has 0 aliphatic heterocycles. The zero-order chi connectivity index (χ0) is 17.9. The van der Waals surface area contributed by atoms with E-state index in [0.29, 0.717) is 11.4 Å². The van der Waals surface area contributed by atoms with Crippen LogP contribution in [-0.2, 0) is 9.59 Å². The van der Waals surface area contributed by atoms with E-state index in [2.05, 4.69) is 10.6 Å². The number of ether oxygens (including phenoxy) is 1. The van der Waals surface area contributed by atoms with Crippen LogP contribution in [0.5, 0.6) is 5.75 Å². The number of methoxy groups -OCH3 is 1. The first-order valence-electron chi connectivity index (χ1n) is 7.65. The van der Waals surface area contributed by atoms with Gasteiger partial charge in [-0.1, -0.05) is 0 Å². The van der Waals surface area contributed by atoms with Gasteiger partial charge in [-0.2, -0.15) is 0 Å². The summed E-state index contributed by atoms with van der Waals surface area (Å²) in [6.07, 6.45) is 0. The van der Waals surface area contributed by atoms with Crippen molar-refractivity contribution in [1.29, 1.82) is 0 Å². The predicted molar refractivity (Wildman–Crippen MR) is 96.7 cm³/mol. The van der Waals surface area contributed by atoms with Crippen molar-refractivity contribution in [3.8, 4) is 5.75 Å². The van der Waals surface area contributed by atoms with E-state index in [1.54, 1.807) is 36.6 Å². The molecule has 1 aromatic heterocycles. The Hall–Kier alpha value is -2.34. The molecule has 128 valence electrons. The third kappa shape index (κ3) is 4.14. The number of nitrogens with one attached hydrogen (secondary N) is 2. The van der Waals surface area contributed by atoms with Crippen molar-refractivity contribution in [1.82, 2.24) is 5.32 Å². The molecule has 0 saturated heterocycles. The van der Waals surface area contributed by atoms with Crippen LogP contribution in [0.3, 0.4) is 0 Å². The van der Waals surface area contributed by atoms with Crippen molar-refractivity contribution in [2.45, 2.75) is 33.7 Å². The predicted octanol–water partition coefficient (Wildman–Crippen LogP) is 3.50. The van der Waals surface area contributed by atoms with Crippen molar-refractivity contribution >= 4 is 28.8 Å². The van der Waals surface area contributed by atoms with E-state index < -0.39 is 11.8 Å². The lowest BCUT2D eigenvalue weighted by atomic mass is 10.1. The van der Waals surface area contributed by atoms with Crippen molar-refractivity contribution in [3.05, 3.63) is 45.1 Å². The largest absolute Gasteiger partial charge is 0.497 e. The first-order valence-corrected chi connectivity index (χ1v) is 8.47. The number of amides is 2. The number of anilines is 1. The number of benzene rings is 1. The summed E-state index contributed by atoms with van der Waals surface area (Å²) >= 11 is 1.68. The van der Waals surface area contributed by atoms with Gasteiger partial charge in [0.1, 0.15) is 5.75 Å². The monoisotopic (exact) mass is 346 g/mol. The zero-order valence-electron chi connectivity index (χ0n) is 14.5. The lowest BCUT2D eigenvalue weighted by Crippen LogP contribution is -2.37. The Morgan fingerprint density at radius 1 is 1.12 bits per heavy atom. The van der Waals surface area contributed by atoms with Crippen LogP contribution in [0.4, 0.5) is 5.69 Å². The minimum Gasteiger partial charge on any atom is -0.497 e. The third-order valence-electron chi connectivity index (χ3n) is 3.78. The first kappa shape index (κ1) is 18.0. The Bertz CT molecular complexity index is 768. The summed E-state index contributed by atoms with van der Waals surface area (Å²) in [5.41, 5.74) is 2.46. The Morgan fingerprint density at radius 3 is 2.38 bits per heavy atom. The average molecular weight is 346 g/mol. The topological polar surface area (TPSA) is 67.4 Å². The van der Waals surface area contributed by atoms with Crippen LogP contribution in [0.2, 0.25) is 0 Å². The quantitative estimate of drug-likeness (QED) is 0.833. The van der Waals surface area contributed by atoms with Crippen LogP contribution in [0.1, 0.15) is 33.8 Å². The molecular formula is C18H22N2O3S. The van der Waals surface area contributed by atoms with Gasteiger partial charge in [0.2, 0.25) is 0 Å². The highest BCUT2D eigenvalue weighted by Gasteiger charge is 2.19. The zero-order valence-corrected chi connectivity index (χ0v) is 15.3. The van der Waals surface area contributed by atoms with Crippen molar-refractivity contribution in [3.63, 3.8) is 0 Å². The summed E-state index contributed by atoms with van der Waals surface area (Å²) in [4.78, 5) is 26.6. The molecule has 2 N–H and O–H groups in total. The first-order chi connectivity index (χ1) is 11.3. The van der Waals surface area contributed by atoms with Gasteiger partial charge in [-0.3, -0.25) is 9.59 Å². The summed E-state index contributed by atoms with van der Waals surface area (Å²) in [5, 5.41) is 5.38. The molecule has 0 radical (unpaired) electrons. The molecule has 0 saturated carbocycles. The van der Waals surface area contributed by atoms with Gasteiger partial charge in [0.15, 0.2) is 0 Å². The van der Waals surface area contributed by atoms with E-state index in [1.165, 1.54) is 4.88 Å². The van der Waals surface area contributed by atoms with E-state index in [4.69, 9.17) is 4.74 Å². The van der Waals surface area contributed by atoms with Crippen LogP contribution in [0.15, 0.2) is 24.3 Å². The van der Waals surface area contributed by atoms with Gasteiger partial charge in [0.05, 0.1) is 13.2 Å². The fourth-order valence-corrected chi connectivity index (χ4v) is 3.53. The summed E-state index contributed by atoms with van der Waals surface area (Å²) in [7, 11) is 1.58. The normalized spacial score (nSPS) is 11.7. The van der Waals surface area contributed by atoms with E-state index in [9.17, 15) is 9.59 Å². The molecule has 1 aromatic carbocycles. The number of carbonyl (C=O) groups is 2. The van der Waals surface area contributed by atoms with E-state index >= 15 is 0 Å². The smallest absolute Gasteiger partial charge is 0.313 e. The van der Waals surface area contributed by atoms with Gasteiger partial charge >= 0.3 is 11.8 Å². The average Bonchev–Trinajstić information content (AvgIpc) is 2.87. The highest BCUT2D eigenvalue weighted by molar-refractivity contribution is 7.12. The molecule has 2 aromatic rings. The SMILES string of the molecule is COc1ccc(NC(=O)C(=O)N[C@@H](C)c2cc(C)sc2C)c(C)c1. The fraction of sp³-hybridized carbons (Fsp3) is 0.333. The molecule has 2 rings (SSSR count). The lowest BCUT2D eigenvalue weighted by molar-refractivity contribution is -0.136. The molecule has 1 atom stereocenters. The van der Waals surface area contributed by atoms with Crippen molar-refractivity contribution in [2.24, 2.45) is 0 Å². The fourth-order valence-electron chi connectivity index (χ4n) is 2.50. The highest BCUT2D eigenvalue weighted by atomic mass is 32.1. The maximum absolute atomic E-state index is 12.1. The molecule has 0 aliphatic rings. The maximum atomic E-state index is 12.1. The van der Waals surface area contributed by atoms with Gasteiger partial charge in [0, 0.05) is 15.4 Å². The minimum atomic E-state index is -0.681. The standard InChI is InChI=1S/C18H22N2O3S/c1-10-8-14(23-5)6-7-16(10)20-18(22)17(21)19-12(3)15-9-11(2)24-13(15)4/h6-9,12H,1-5H3,(H,19,21)(H,20,22)/t12-/m0/s1. The Labute approximate surface area is 146 Å². The number of rotatable bonds is 4. The van der Waals surface area contributed by atoms with Crippen LogP contribution in [0, 0.1) is 20.8 Å². The molecule has 2 amide bonds. The Kier molecular flexibility index (Phi) is 5.62. The molecular weight excluding hydrogens is 324 g/mol. The highest BCUT2D eigenvalue weighted by Crippen LogP contribution is 2.26. The summed E-state index contributed by atoms with van der Waals surface area (Å²) in [6.45, 7) is 7.75. The molecule has 24 heavy (non-hydrogen) atoms. The molecule has 6 heteroatoms. The summed E-state index contributed by atoms with van der Waals surface area (Å²) in [5.74, 6) is -0.632. The van der Waals surface area contributed by atoms with E-state index in [0.717, 1.165) is 16.0 Å². The van der Waals surface area contributed by atoms with Gasteiger partial charge in [-0.05, 0) is 63.1 Å². The van der Waals surface area contributed by atoms with Gasteiger partial charge < -0.3 is 15.4 Å². The third-order valence-corrected chi connectivity index (χ3v) is 4.76. The minimum absolute atomic E-state index is 0.217. The van der Waals surface area contributed by atoms with E-state index in [1.807, 2.05) is 33.8 Å². The lowest BCUT2D eigenvalue weighted by Gasteiger charge is -2.14. The maximum Gasteiger partial charge on any atom is 0.313 e. The van der Waals surface area contributed by atoms with Gasteiger partial charge in [0.25, 0.3) is 0 Å². The van der Waals surface area contributed by atoms with Crippen molar-refractivity contribution in [2.75, 3.05) is 12.4 Å². The number of hydrogen-bond donors (Lipinski definition) is 2. The second kappa shape index (κ2) is 7.49. The van der Waals surface area contributed by atoms with Crippen LogP contribution in [0.25, 0.3) is 0 Å². The van der Waals surface area contributed by atoms with Gasteiger partial charge in [-0.15, -0.1) is 11.3 Å². The number of aryl methyl sites for hydroxylation is 3. The molecule has 0 aliphatic carbocycles. The second-order valence-electron chi connectivity index (χ2n) is 5.70. The van der Waals surface area contributed by atoms with Crippen LogP contribution >= 0.6 is 11.3 Å². The molecule has 5 nitrogen and oxygen atoms in total. The number of thiophene rings is 1. The Balaban J connectivity index is 2.02. The Morgan fingerprint density at radius 2 is 1.83 bits per heavy atom. The van der Waals surface area contributed by atoms with Crippen LogP contribution in [-0.4, -0.2) is 18.9 Å². The summed E-state index contributed by atoms with van der Waals surface area (Å²) in [6, 6.07) is 7.07. The number of hydrogen-bond acceptors (Lipinski definition) is 4. The molecule has 0 unspecified atom stereocenters. The summed E-state index contributed by atoms with van der Waals surface area (Å²) < 4.78 is 5.13. The molecule has 0 spiro atoms. The van der Waals surface area contributed by atoms with Crippen LogP contribution < -0.4 is 15.4 Å². The van der Waals surface area contributed by atoms with Gasteiger partial charge in [-0.25, -0.2) is 0 Å². The molecule has 0 bridgehead atoms. The molecule has 1 heterocycles. The van der Waals surface area contributed by atoms with Crippen molar-refractivity contribution < 1.29 is 14.3 Å². The van der Waals surface area contributed by atoms with E-state index in [-0.39, 0.29) is 6.04 Å².